The molecule has 2 aliphatic heterocycles. The van der Waals surface area contributed by atoms with Crippen LogP contribution in [0.25, 0.3) is 11.3 Å². The number of hydrogen-bond acceptors (Lipinski definition) is 5. The molecule has 1 aliphatic carbocycles. The minimum absolute atomic E-state index is 0.0848. The molecule has 3 aliphatic rings. The van der Waals surface area contributed by atoms with Crippen LogP contribution in [0.3, 0.4) is 0 Å². The molecule has 0 radical (unpaired) electrons. The molecule has 5 rings (SSSR count). The van der Waals surface area contributed by atoms with Crippen molar-refractivity contribution in [1.82, 2.24) is 9.88 Å². The average molecular weight is 414 g/mol. The Morgan fingerprint density at radius 1 is 1.25 bits per heavy atom. The Balaban J connectivity index is 1.32. The van der Waals surface area contributed by atoms with Crippen LogP contribution >= 0.6 is 23.1 Å². The summed E-state index contributed by atoms with van der Waals surface area (Å²) in [4.78, 5) is 31.3. The average Bonchev–Trinajstić information content (AvgIpc) is 3.37. The summed E-state index contributed by atoms with van der Waals surface area (Å²) in [6, 6.07) is 6.20. The van der Waals surface area contributed by atoms with Gasteiger partial charge < -0.3 is 10.2 Å². The maximum absolute atomic E-state index is 12.8. The fourth-order valence-electron chi connectivity index (χ4n) is 4.56. The molecule has 0 spiro atoms. The topological polar surface area (TPSA) is 62.3 Å². The lowest BCUT2D eigenvalue weighted by Crippen LogP contribution is -2.48. The molecule has 2 atom stereocenters. The van der Waals surface area contributed by atoms with Crippen LogP contribution in [0.2, 0.25) is 0 Å². The summed E-state index contributed by atoms with van der Waals surface area (Å²) in [7, 11) is 0. The van der Waals surface area contributed by atoms with E-state index >= 15 is 0 Å². The molecule has 1 N–H and O–H groups in total. The Morgan fingerprint density at radius 2 is 2.07 bits per heavy atom. The summed E-state index contributed by atoms with van der Waals surface area (Å²) in [5.41, 5.74) is 4.89. The minimum Gasteiger partial charge on any atom is -0.315 e. The van der Waals surface area contributed by atoms with Crippen molar-refractivity contribution in [2.75, 3.05) is 11.1 Å². The lowest BCUT2D eigenvalue weighted by atomic mass is 9.90. The number of carbonyl (C=O) groups excluding carboxylic acids is 2. The highest BCUT2D eigenvalue weighted by Crippen LogP contribution is 2.47. The molecular formula is C21H23N3O2S2. The summed E-state index contributed by atoms with van der Waals surface area (Å²) >= 11 is 3.15. The Bertz CT molecular complexity index is 957. The SMILES string of the molecule is C[C@@]12CCC(=O)N1[C@H](C(=O)Nc1nc(-c3ccc4c(c3)CCCC4)cs1)CS2. The van der Waals surface area contributed by atoms with Gasteiger partial charge in [-0.25, -0.2) is 4.98 Å². The lowest BCUT2D eigenvalue weighted by Gasteiger charge is -2.29. The molecule has 2 aromatic rings. The molecule has 146 valence electrons. The van der Waals surface area contributed by atoms with Crippen LogP contribution in [0.4, 0.5) is 5.13 Å². The quantitative estimate of drug-likeness (QED) is 0.824. The van der Waals surface area contributed by atoms with Crippen molar-refractivity contribution in [3.8, 4) is 11.3 Å². The summed E-state index contributed by atoms with van der Waals surface area (Å²) in [6.45, 7) is 2.06. The van der Waals surface area contributed by atoms with Gasteiger partial charge in [-0.05, 0) is 56.2 Å². The molecule has 2 fully saturated rings. The van der Waals surface area contributed by atoms with E-state index in [1.165, 1.54) is 41.7 Å². The van der Waals surface area contributed by atoms with Gasteiger partial charge in [-0.1, -0.05) is 12.1 Å². The van der Waals surface area contributed by atoms with Gasteiger partial charge in [-0.2, -0.15) is 0 Å². The van der Waals surface area contributed by atoms with Gasteiger partial charge in [0.25, 0.3) is 0 Å². The van der Waals surface area contributed by atoms with E-state index in [4.69, 9.17) is 0 Å². The highest BCUT2D eigenvalue weighted by Gasteiger charge is 2.52. The maximum Gasteiger partial charge on any atom is 0.249 e. The Kier molecular flexibility index (Phi) is 4.47. The zero-order valence-electron chi connectivity index (χ0n) is 15.9. The molecule has 3 heterocycles. The molecule has 2 saturated heterocycles. The first-order valence-corrected chi connectivity index (χ1v) is 11.7. The fourth-order valence-corrected chi connectivity index (χ4v) is 6.71. The number of benzene rings is 1. The summed E-state index contributed by atoms with van der Waals surface area (Å²) in [6.07, 6.45) is 6.19. The standard InChI is InChI=1S/C21H23N3O2S2/c1-21-9-8-18(25)24(21)17(12-28-21)19(26)23-20-22-16(11-27-20)15-7-6-13-4-2-3-5-14(13)10-15/h6-7,10-11,17H,2-5,8-9,12H2,1H3,(H,22,23,26)/t17-,21+/m0/s1. The molecule has 0 bridgehead atoms. The maximum atomic E-state index is 12.8. The van der Waals surface area contributed by atoms with Crippen molar-refractivity contribution in [3.63, 3.8) is 0 Å². The number of anilines is 1. The van der Waals surface area contributed by atoms with Crippen LogP contribution in [-0.4, -0.2) is 38.4 Å². The summed E-state index contributed by atoms with van der Waals surface area (Å²) in [5.74, 6) is 0.608. The first-order chi connectivity index (χ1) is 13.5. The van der Waals surface area contributed by atoms with Crippen LogP contribution in [-0.2, 0) is 22.4 Å². The predicted molar refractivity (Wildman–Crippen MR) is 114 cm³/mol. The smallest absolute Gasteiger partial charge is 0.249 e. The van der Waals surface area contributed by atoms with Crippen molar-refractivity contribution in [1.29, 1.82) is 0 Å². The molecule has 0 unspecified atom stereocenters. The second-order valence-electron chi connectivity index (χ2n) is 7.98. The number of hydrogen-bond donors (Lipinski definition) is 1. The second-order valence-corrected chi connectivity index (χ2v) is 10.3. The number of carbonyl (C=O) groups is 2. The minimum atomic E-state index is -0.402. The van der Waals surface area contributed by atoms with Gasteiger partial charge in [-0.3, -0.25) is 9.59 Å². The third kappa shape index (κ3) is 3.05. The highest BCUT2D eigenvalue weighted by atomic mass is 32.2. The monoisotopic (exact) mass is 413 g/mol. The molecule has 2 amide bonds. The number of aromatic nitrogens is 1. The van der Waals surface area contributed by atoms with Crippen molar-refractivity contribution in [2.45, 2.75) is 56.4 Å². The van der Waals surface area contributed by atoms with E-state index in [0.717, 1.165) is 24.1 Å². The number of nitrogens with one attached hydrogen (secondary N) is 1. The molecule has 28 heavy (non-hydrogen) atoms. The second kappa shape index (κ2) is 6.88. The number of amides is 2. The van der Waals surface area contributed by atoms with Gasteiger partial charge in [0.1, 0.15) is 6.04 Å². The molecule has 5 nitrogen and oxygen atoms in total. The lowest BCUT2D eigenvalue weighted by molar-refractivity contribution is -0.135. The largest absolute Gasteiger partial charge is 0.315 e. The van der Waals surface area contributed by atoms with Crippen molar-refractivity contribution >= 4 is 40.0 Å². The number of fused-ring (bicyclic) bond motifs is 2. The number of thioether (sulfide) groups is 1. The number of nitrogens with zero attached hydrogens (tertiary/aromatic N) is 2. The van der Waals surface area contributed by atoms with Crippen LogP contribution in [0, 0.1) is 0 Å². The van der Waals surface area contributed by atoms with Crippen LogP contribution in [0.15, 0.2) is 23.6 Å². The van der Waals surface area contributed by atoms with Crippen molar-refractivity contribution in [2.24, 2.45) is 0 Å². The molecule has 1 aromatic heterocycles. The Labute approximate surface area is 172 Å². The van der Waals surface area contributed by atoms with E-state index in [9.17, 15) is 9.59 Å². The van der Waals surface area contributed by atoms with Crippen LogP contribution in [0.5, 0.6) is 0 Å². The normalized spacial score (nSPS) is 26.2. The van der Waals surface area contributed by atoms with E-state index in [0.29, 0.717) is 17.3 Å². The fraction of sp³-hybridized carbons (Fsp3) is 0.476. The van der Waals surface area contributed by atoms with Crippen molar-refractivity contribution in [3.05, 3.63) is 34.7 Å². The van der Waals surface area contributed by atoms with Gasteiger partial charge in [0, 0.05) is 23.1 Å². The number of thiazole rings is 1. The van der Waals surface area contributed by atoms with E-state index in [1.807, 2.05) is 5.38 Å². The number of rotatable bonds is 3. The van der Waals surface area contributed by atoms with Gasteiger partial charge in [0.15, 0.2) is 5.13 Å². The van der Waals surface area contributed by atoms with Gasteiger partial charge in [0.2, 0.25) is 11.8 Å². The first-order valence-electron chi connectivity index (χ1n) is 9.88. The molecular weight excluding hydrogens is 390 g/mol. The van der Waals surface area contributed by atoms with Gasteiger partial charge in [0.05, 0.1) is 10.6 Å². The molecule has 7 heteroatoms. The predicted octanol–water partition coefficient (Wildman–Crippen LogP) is 4.08. The summed E-state index contributed by atoms with van der Waals surface area (Å²) in [5, 5.41) is 5.54. The van der Waals surface area contributed by atoms with E-state index < -0.39 is 6.04 Å². The zero-order valence-corrected chi connectivity index (χ0v) is 17.5. The van der Waals surface area contributed by atoms with E-state index in [-0.39, 0.29) is 16.7 Å². The molecule has 1 aromatic carbocycles. The number of aryl methyl sites for hydroxylation is 2. The van der Waals surface area contributed by atoms with Crippen molar-refractivity contribution < 1.29 is 9.59 Å². The third-order valence-electron chi connectivity index (χ3n) is 6.13. The van der Waals surface area contributed by atoms with Crippen LogP contribution < -0.4 is 5.32 Å². The van der Waals surface area contributed by atoms with Gasteiger partial charge in [-0.15, -0.1) is 23.1 Å². The summed E-state index contributed by atoms with van der Waals surface area (Å²) < 4.78 is 0. The van der Waals surface area contributed by atoms with Gasteiger partial charge >= 0.3 is 0 Å². The third-order valence-corrected chi connectivity index (χ3v) is 8.39. The Morgan fingerprint density at radius 3 is 2.93 bits per heavy atom. The van der Waals surface area contributed by atoms with E-state index in [2.05, 4.69) is 35.4 Å². The Hall–Kier alpha value is -1.86. The zero-order chi connectivity index (χ0) is 19.3. The highest BCUT2D eigenvalue weighted by molar-refractivity contribution is 8.01. The van der Waals surface area contributed by atoms with Crippen LogP contribution in [0.1, 0.15) is 43.7 Å². The molecule has 0 saturated carbocycles. The first kappa shape index (κ1) is 18.2. The van der Waals surface area contributed by atoms with E-state index in [1.54, 1.807) is 16.7 Å².